The largest absolute Gasteiger partial charge is 0.344 e. The van der Waals surface area contributed by atoms with Crippen LogP contribution in [0.2, 0.25) is 0 Å². The van der Waals surface area contributed by atoms with Crippen LogP contribution in [-0.2, 0) is 14.1 Å². The van der Waals surface area contributed by atoms with Crippen LogP contribution in [0.15, 0.2) is 109 Å². The van der Waals surface area contributed by atoms with Crippen molar-refractivity contribution >= 4 is 60.7 Å². The average molecular weight is 526 g/mol. The van der Waals surface area contributed by atoms with Crippen LogP contribution in [0.1, 0.15) is 33.3 Å². The number of hydrogen-bond acceptors (Lipinski definition) is 1. The molecule has 0 atom stereocenters. The molecule has 0 unspecified atom stereocenters. The van der Waals surface area contributed by atoms with Gasteiger partial charge in [0.2, 0.25) is 0 Å². The van der Waals surface area contributed by atoms with Gasteiger partial charge >= 0.3 is 0 Å². The average Bonchev–Trinajstić information content (AvgIpc) is 3.47. The summed E-state index contributed by atoms with van der Waals surface area (Å²) in [6, 6.07) is 39.8. The summed E-state index contributed by atoms with van der Waals surface area (Å²) in [7, 11) is 4.32. The number of rotatable bonds is 3. The highest BCUT2D eigenvalue weighted by Gasteiger charge is 2.17. The third kappa shape index (κ3) is 4.42. The van der Waals surface area contributed by atoms with E-state index in [1.54, 1.807) is 0 Å². The second-order valence-electron chi connectivity index (χ2n) is 9.73. The Labute approximate surface area is 237 Å². The van der Waals surface area contributed by atoms with E-state index in [0.717, 1.165) is 17.1 Å². The molecule has 2 aromatic heterocycles. The summed E-state index contributed by atoms with van der Waals surface area (Å²) in [4.78, 5) is 2.37. The number of para-hydroxylation sites is 2. The first-order valence-electron chi connectivity index (χ1n) is 14.4. The predicted octanol–water partition coefficient (Wildman–Crippen LogP) is 10.8. The smallest absolute Gasteiger partial charge is 0.0509 e. The summed E-state index contributed by atoms with van der Waals surface area (Å²) in [5.41, 5.74) is 9.68. The van der Waals surface area contributed by atoms with Gasteiger partial charge in [-0.15, -0.1) is 0 Å². The molecule has 2 heterocycles. The second kappa shape index (κ2) is 11.3. The van der Waals surface area contributed by atoms with Crippen molar-refractivity contribution in [3.63, 3.8) is 0 Å². The van der Waals surface area contributed by atoms with Gasteiger partial charge in [-0.25, -0.2) is 0 Å². The maximum absolute atomic E-state index is 2.37. The van der Waals surface area contributed by atoms with Crippen molar-refractivity contribution in [2.45, 2.75) is 34.6 Å². The van der Waals surface area contributed by atoms with Crippen LogP contribution in [0.3, 0.4) is 0 Å². The van der Waals surface area contributed by atoms with Gasteiger partial charge in [-0.05, 0) is 55.5 Å². The van der Waals surface area contributed by atoms with Gasteiger partial charge in [0.1, 0.15) is 0 Å². The third-order valence-corrected chi connectivity index (χ3v) is 7.61. The van der Waals surface area contributed by atoms with E-state index in [2.05, 4.69) is 144 Å². The Hall–Kier alpha value is -4.50. The van der Waals surface area contributed by atoms with E-state index < -0.39 is 0 Å². The topological polar surface area (TPSA) is 13.1 Å². The van der Waals surface area contributed by atoms with Crippen molar-refractivity contribution in [3.05, 3.63) is 115 Å². The highest BCUT2D eigenvalue weighted by molar-refractivity contribution is 6.10. The molecule has 40 heavy (non-hydrogen) atoms. The van der Waals surface area contributed by atoms with Gasteiger partial charge in [-0.2, -0.15) is 0 Å². The van der Waals surface area contributed by atoms with E-state index in [4.69, 9.17) is 0 Å². The van der Waals surface area contributed by atoms with Crippen LogP contribution in [0, 0.1) is 6.92 Å². The molecule has 202 valence electrons. The van der Waals surface area contributed by atoms with Crippen molar-refractivity contribution in [1.29, 1.82) is 0 Å². The van der Waals surface area contributed by atoms with Crippen LogP contribution in [0.5, 0.6) is 0 Å². The first-order valence-corrected chi connectivity index (χ1v) is 14.4. The number of benzene rings is 5. The number of hydrogen-bond donors (Lipinski definition) is 0. The molecule has 0 aliphatic rings. The molecular weight excluding hydrogens is 486 g/mol. The van der Waals surface area contributed by atoms with Crippen LogP contribution in [0.25, 0.3) is 43.6 Å². The number of anilines is 3. The predicted molar refractivity (Wildman–Crippen MR) is 177 cm³/mol. The summed E-state index contributed by atoms with van der Waals surface area (Å²) in [6.07, 6.45) is 0. The van der Waals surface area contributed by atoms with Crippen molar-refractivity contribution in [2.75, 3.05) is 4.90 Å². The fourth-order valence-electron chi connectivity index (χ4n) is 5.72. The monoisotopic (exact) mass is 525 g/mol. The number of fused-ring (bicyclic) bond motifs is 6. The Bertz CT molecular complexity index is 1800. The van der Waals surface area contributed by atoms with Crippen molar-refractivity contribution in [1.82, 2.24) is 9.13 Å². The van der Waals surface area contributed by atoms with E-state index in [1.807, 2.05) is 27.7 Å². The minimum Gasteiger partial charge on any atom is -0.344 e. The van der Waals surface area contributed by atoms with Gasteiger partial charge in [0.25, 0.3) is 0 Å². The lowest BCUT2D eigenvalue weighted by atomic mass is 10.1. The lowest BCUT2D eigenvalue weighted by molar-refractivity contribution is 1.01. The van der Waals surface area contributed by atoms with Gasteiger partial charge in [0, 0.05) is 63.7 Å². The highest BCUT2D eigenvalue weighted by Crippen LogP contribution is 2.40. The first kappa shape index (κ1) is 27.1. The molecule has 0 saturated carbocycles. The molecular formula is C37H39N3. The minimum absolute atomic E-state index is 1.15. The molecule has 0 bridgehead atoms. The summed E-state index contributed by atoms with van der Waals surface area (Å²) in [5.74, 6) is 0. The fraction of sp³-hybridized carbons (Fsp3) is 0.189. The highest BCUT2D eigenvalue weighted by atomic mass is 15.1. The SMILES string of the molecule is CC.CC.Cc1ccc(N(c2ccc3c4ccccc4n(C)c3c2)c2ccc3c4ccccc4n(C)c3c2)cc1. The zero-order chi connectivity index (χ0) is 28.4. The van der Waals surface area contributed by atoms with Crippen LogP contribution in [0.4, 0.5) is 17.1 Å². The number of aromatic nitrogens is 2. The van der Waals surface area contributed by atoms with E-state index >= 15 is 0 Å². The van der Waals surface area contributed by atoms with Crippen LogP contribution < -0.4 is 4.90 Å². The molecule has 7 rings (SSSR count). The van der Waals surface area contributed by atoms with Gasteiger partial charge in [0.15, 0.2) is 0 Å². The Morgan fingerprint density at radius 2 is 0.800 bits per heavy atom. The molecule has 0 radical (unpaired) electrons. The fourth-order valence-corrected chi connectivity index (χ4v) is 5.72. The Morgan fingerprint density at radius 3 is 1.25 bits per heavy atom. The zero-order valence-corrected chi connectivity index (χ0v) is 24.7. The lowest BCUT2D eigenvalue weighted by Crippen LogP contribution is -2.10. The van der Waals surface area contributed by atoms with Gasteiger partial charge in [-0.3, -0.25) is 0 Å². The Morgan fingerprint density at radius 1 is 0.425 bits per heavy atom. The van der Waals surface area contributed by atoms with Crippen LogP contribution >= 0.6 is 0 Å². The molecule has 0 aliphatic carbocycles. The number of nitrogens with zero attached hydrogens (tertiary/aromatic N) is 3. The molecule has 0 fully saturated rings. The van der Waals surface area contributed by atoms with Gasteiger partial charge in [0.05, 0.1) is 11.0 Å². The molecule has 3 nitrogen and oxygen atoms in total. The van der Waals surface area contributed by atoms with E-state index in [9.17, 15) is 0 Å². The maximum Gasteiger partial charge on any atom is 0.0509 e. The lowest BCUT2D eigenvalue weighted by Gasteiger charge is -2.26. The van der Waals surface area contributed by atoms with Crippen molar-refractivity contribution in [3.8, 4) is 0 Å². The van der Waals surface area contributed by atoms with Crippen molar-refractivity contribution < 1.29 is 0 Å². The standard InChI is InChI=1S/C33H27N3.2C2H6/c1-22-12-14-23(15-13-22)36(24-16-18-28-26-8-4-6-10-30(26)34(2)32(28)20-24)25-17-19-29-27-9-5-7-11-31(27)35(3)33(29)21-25;2*1-2/h4-21H,1-3H3;2*1-2H3. The molecule has 7 aromatic rings. The Balaban J connectivity index is 0.000000774. The van der Waals surface area contributed by atoms with E-state index in [1.165, 1.54) is 49.2 Å². The number of aryl methyl sites for hydroxylation is 3. The Kier molecular flexibility index (Phi) is 7.66. The summed E-state index contributed by atoms with van der Waals surface area (Å²) >= 11 is 0. The summed E-state index contributed by atoms with van der Waals surface area (Å²) in [6.45, 7) is 10.1. The third-order valence-electron chi connectivity index (χ3n) is 7.61. The van der Waals surface area contributed by atoms with Crippen molar-refractivity contribution in [2.24, 2.45) is 14.1 Å². The molecule has 0 amide bonds. The quantitative estimate of drug-likeness (QED) is 0.224. The van der Waals surface area contributed by atoms with Gasteiger partial charge < -0.3 is 14.0 Å². The van der Waals surface area contributed by atoms with Gasteiger partial charge in [-0.1, -0.05) is 93.9 Å². The molecule has 0 N–H and O–H groups in total. The molecule has 5 aromatic carbocycles. The summed E-state index contributed by atoms with van der Waals surface area (Å²) in [5, 5.41) is 5.15. The second-order valence-corrected chi connectivity index (χ2v) is 9.73. The zero-order valence-electron chi connectivity index (χ0n) is 24.7. The van der Waals surface area contributed by atoms with Crippen LogP contribution in [-0.4, -0.2) is 9.13 Å². The first-order chi connectivity index (χ1) is 19.6. The normalized spacial score (nSPS) is 10.9. The molecule has 0 spiro atoms. The summed E-state index contributed by atoms with van der Waals surface area (Å²) < 4.78 is 4.60. The maximum atomic E-state index is 2.37. The molecule has 3 heteroatoms. The minimum atomic E-state index is 1.15. The van der Waals surface area contributed by atoms with E-state index in [0.29, 0.717) is 0 Å². The molecule has 0 aliphatic heterocycles. The van der Waals surface area contributed by atoms with E-state index in [-0.39, 0.29) is 0 Å². The molecule has 0 saturated heterocycles.